The van der Waals surface area contributed by atoms with Crippen LogP contribution in [-0.2, 0) is 17.9 Å². The summed E-state index contributed by atoms with van der Waals surface area (Å²) in [5.41, 5.74) is 7.68. The van der Waals surface area contributed by atoms with Crippen LogP contribution in [0.2, 0.25) is 5.02 Å². The Morgan fingerprint density at radius 1 is 1.42 bits per heavy atom. The molecule has 1 aromatic carbocycles. The van der Waals surface area contributed by atoms with Crippen molar-refractivity contribution in [1.82, 2.24) is 0 Å². The number of nitrogens with two attached hydrogens (primary N) is 1. The summed E-state index contributed by atoms with van der Waals surface area (Å²) >= 11 is 5.81. The summed E-state index contributed by atoms with van der Waals surface area (Å²) in [5.74, 6) is 0. The van der Waals surface area contributed by atoms with E-state index < -0.39 is 0 Å². The van der Waals surface area contributed by atoms with Crippen LogP contribution in [-0.4, -0.2) is 7.11 Å². The van der Waals surface area contributed by atoms with E-state index >= 15 is 0 Å². The van der Waals surface area contributed by atoms with Gasteiger partial charge >= 0.3 is 0 Å². The molecule has 0 fully saturated rings. The van der Waals surface area contributed by atoms with Crippen LogP contribution in [0.1, 0.15) is 11.1 Å². The van der Waals surface area contributed by atoms with Crippen molar-refractivity contribution in [1.29, 1.82) is 0 Å². The lowest BCUT2D eigenvalue weighted by Crippen LogP contribution is -2.02. The van der Waals surface area contributed by atoms with Crippen LogP contribution >= 0.6 is 11.6 Å². The van der Waals surface area contributed by atoms with E-state index in [1.165, 1.54) is 0 Å². The zero-order chi connectivity index (χ0) is 8.97. The van der Waals surface area contributed by atoms with Crippen LogP contribution in [0.4, 0.5) is 0 Å². The molecule has 0 spiro atoms. The summed E-state index contributed by atoms with van der Waals surface area (Å²) in [6, 6.07) is 5.65. The summed E-state index contributed by atoms with van der Waals surface area (Å²) < 4.78 is 5.01. The lowest BCUT2D eigenvalue weighted by Gasteiger charge is -2.06. The first-order valence-corrected chi connectivity index (χ1v) is 4.12. The number of methoxy groups -OCH3 is 1. The molecular weight excluding hydrogens is 174 g/mol. The highest BCUT2D eigenvalue weighted by Gasteiger charge is 2.00. The highest BCUT2D eigenvalue weighted by molar-refractivity contribution is 6.30. The summed E-state index contributed by atoms with van der Waals surface area (Å²) in [6.45, 7) is 1.09. The predicted molar refractivity (Wildman–Crippen MR) is 50.1 cm³/mol. The molecule has 1 rings (SSSR count). The summed E-state index contributed by atoms with van der Waals surface area (Å²) in [5, 5.41) is 0.722. The van der Waals surface area contributed by atoms with Crippen molar-refractivity contribution in [3.8, 4) is 0 Å². The number of benzene rings is 1. The van der Waals surface area contributed by atoms with Crippen LogP contribution in [0, 0.1) is 0 Å². The van der Waals surface area contributed by atoms with E-state index in [4.69, 9.17) is 22.1 Å². The minimum Gasteiger partial charge on any atom is -0.380 e. The molecule has 0 saturated heterocycles. The summed E-state index contributed by atoms with van der Waals surface area (Å²) in [7, 11) is 1.65. The molecule has 66 valence electrons. The first kappa shape index (κ1) is 9.52. The van der Waals surface area contributed by atoms with Gasteiger partial charge in [0.05, 0.1) is 6.61 Å². The molecule has 0 aliphatic heterocycles. The van der Waals surface area contributed by atoms with Crippen molar-refractivity contribution in [2.75, 3.05) is 7.11 Å². The molecule has 2 nitrogen and oxygen atoms in total. The smallest absolute Gasteiger partial charge is 0.0716 e. The van der Waals surface area contributed by atoms with Gasteiger partial charge in [0, 0.05) is 18.7 Å². The molecule has 0 heterocycles. The molecule has 0 radical (unpaired) electrons. The number of hydrogen-bond donors (Lipinski definition) is 1. The summed E-state index contributed by atoms with van der Waals surface area (Å²) in [4.78, 5) is 0. The van der Waals surface area contributed by atoms with Crippen molar-refractivity contribution < 1.29 is 4.74 Å². The normalized spacial score (nSPS) is 10.2. The fourth-order valence-corrected chi connectivity index (χ4v) is 1.28. The van der Waals surface area contributed by atoms with Crippen molar-refractivity contribution in [3.05, 3.63) is 34.3 Å². The van der Waals surface area contributed by atoms with Crippen molar-refractivity contribution in [3.63, 3.8) is 0 Å². The van der Waals surface area contributed by atoms with Crippen LogP contribution in [0.3, 0.4) is 0 Å². The Bertz CT molecular complexity index is 263. The Kier molecular flexibility index (Phi) is 3.53. The first-order valence-electron chi connectivity index (χ1n) is 3.74. The third-order valence-corrected chi connectivity index (χ3v) is 1.92. The van der Waals surface area contributed by atoms with Crippen molar-refractivity contribution in [2.24, 2.45) is 5.73 Å². The Hall–Kier alpha value is -0.570. The zero-order valence-corrected chi connectivity index (χ0v) is 7.77. The Morgan fingerprint density at radius 3 is 2.75 bits per heavy atom. The quantitative estimate of drug-likeness (QED) is 0.781. The maximum absolute atomic E-state index is 5.81. The van der Waals surface area contributed by atoms with E-state index in [1.807, 2.05) is 18.2 Å². The second-order valence-electron chi connectivity index (χ2n) is 2.55. The fourth-order valence-electron chi connectivity index (χ4n) is 1.08. The SMILES string of the molecule is COCc1cc(Cl)ccc1CN. The van der Waals surface area contributed by atoms with E-state index in [1.54, 1.807) is 7.11 Å². The maximum Gasteiger partial charge on any atom is 0.0716 e. The Balaban J connectivity index is 2.95. The Labute approximate surface area is 77.3 Å². The number of halogens is 1. The third kappa shape index (κ3) is 2.21. The van der Waals surface area contributed by atoms with Crippen molar-refractivity contribution >= 4 is 11.6 Å². The van der Waals surface area contributed by atoms with Gasteiger partial charge in [-0.3, -0.25) is 0 Å². The average molecular weight is 186 g/mol. The zero-order valence-electron chi connectivity index (χ0n) is 7.01. The van der Waals surface area contributed by atoms with Gasteiger partial charge in [-0.05, 0) is 23.3 Å². The van der Waals surface area contributed by atoms with Gasteiger partial charge in [0.2, 0.25) is 0 Å². The lowest BCUT2D eigenvalue weighted by atomic mass is 10.1. The molecule has 0 amide bonds. The molecule has 2 N–H and O–H groups in total. The number of ether oxygens (including phenoxy) is 1. The van der Waals surface area contributed by atoms with Gasteiger partial charge in [-0.25, -0.2) is 0 Å². The molecule has 0 unspecified atom stereocenters. The van der Waals surface area contributed by atoms with Gasteiger partial charge in [-0.2, -0.15) is 0 Å². The molecule has 12 heavy (non-hydrogen) atoms. The molecule has 0 bridgehead atoms. The van der Waals surface area contributed by atoms with Crippen molar-refractivity contribution in [2.45, 2.75) is 13.2 Å². The monoisotopic (exact) mass is 185 g/mol. The lowest BCUT2D eigenvalue weighted by molar-refractivity contribution is 0.184. The number of hydrogen-bond acceptors (Lipinski definition) is 2. The molecule has 0 saturated carbocycles. The topological polar surface area (TPSA) is 35.2 Å². The molecule has 0 atom stereocenters. The minimum atomic E-state index is 0.524. The Morgan fingerprint density at radius 2 is 2.17 bits per heavy atom. The molecule has 0 aromatic heterocycles. The van der Waals surface area contributed by atoms with Crippen LogP contribution in [0.5, 0.6) is 0 Å². The van der Waals surface area contributed by atoms with Crippen LogP contribution < -0.4 is 5.73 Å². The highest BCUT2D eigenvalue weighted by Crippen LogP contribution is 2.16. The van der Waals surface area contributed by atoms with Gasteiger partial charge in [0.15, 0.2) is 0 Å². The van der Waals surface area contributed by atoms with Gasteiger partial charge < -0.3 is 10.5 Å². The maximum atomic E-state index is 5.81. The van der Waals surface area contributed by atoms with Gasteiger partial charge in [0.25, 0.3) is 0 Å². The largest absolute Gasteiger partial charge is 0.380 e. The van der Waals surface area contributed by atoms with Crippen LogP contribution in [0.25, 0.3) is 0 Å². The molecule has 1 aromatic rings. The second-order valence-corrected chi connectivity index (χ2v) is 2.99. The third-order valence-electron chi connectivity index (χ3n) is 1.69. The predicted octanol–water partition coefficient (Wildman–Crippen LogP) is 1.95. The number of rotatable bonds is 3. The standard InChI is InChI=1S/C9H12ClNO/c1-12-6-8-4-9(10)3-2-7(8)5-11/h2-4H,5-6,11H2,1H3. The van der Waals surface area contributed by atoms with E-state index in [2.05, 4.69) is 0 Å². The van der Waals surface area contributed by atoms with Gasteiger partial charge in [-0.15, -0.1) is 0 Å². The summed E-state index contributed by atoms with van der Waals surface area (Å²) in [6.07, 6.45) is 0. The van der Waals surface area contributed by atoms with Gasteiger partial charge in [-0.1, -0.05) is 17.7 Å². The van der Waals surface area contributed by atoms with Gasteiger partial charge in [0.1, 0.15) is 0 Å². The average Bonchev–Trinajstić information content (AvgIpc) is 2.05. The first-order chi connectivity index (χ1) is 5.77. The molecule has 0 aliphatic carbocycles. The van der Waals surface area contributed by atoms with E-state index in [0.717, 1.165) is 16.1 Å². The second kappa shape index (κ2) is 4.45. The molecular formula is C9H12ClNO. The van der Waals surface area contributed by atoms with Crippen LogP contribution in [0.15, 0.2) is 18.2 Å². The molecule has 3 heteroatoms. The van der Waals surface area contributed by atoms with E-state index in [0.29, 0.717) is 13.2 Å². The van der Waals surface area contributed by atoms with E-state index in [9.17, 15) is 0 Å². The fraction of sp³-hybridized carbons (Fsp3) is 0.333. The molecule has 0 aliphatic rings. The van der Waals surface area contributed by atoms with E-state index in [-0.39, 0.29) is 0 Å². The minimum absolute atomic E-state index is 0.524. The highest BCUT2D eigenvalue weighted by atomic mass is 35.5.